The highest BCUT2D eigenvalue weighted by Gasteiger charge is 2.26. The third-order valence-electron chi connectivity index (χ3n) is 3.91. The molecule has 0 unspecified atom stereocenters. The van der Waals surface area contributed by atoms with Crippen LogP contribution >= 0.6 is 0 Å². The number of rotatable bonds is 3. The van der Waals surface area contributed by atoms with Gasteiger partial charge in [-0.25, -0.2) is 0 Å². The average Bonchev–Trinajstić information content (AvgIpc) is 2.76. The van der Waals surface area contributed by atoms with Crippen molar-refractivity contribution < 1.29 is 4.79 Å². The summed E-state index contributed by atoms with van der Waals surface area (Å²) in [6.45, 7) is 5.04. The molecule has 0 N–H and O–H groups in total. The Bertz CT molecular complexity index is 628. The van der Waals surface area contributed by atoms with Crippen LogP contribution in [0.4, 0.5) is 5.69 Å². The second kappa shape index (κ2) is 5.12. The summed E-state index contributed by atoms with van der Waals surface area (Å²) < 4.78 is 0. The molecule has 20 heavy (non-hydrogen) atoms. The molecular formula is C18H19NO. The van der Waals surface area contributed by atoms with Crippen LogP contribution in [0.3, 0.4) is 0 Å². The molecule has 0 aliphatic carbocycles. The van der Waals surface area contributed by atoms with Gasteiger partial charge in [0.05, 0.1) is 13.0 Å². The lowest BCUT2D eigenvalue weighted by Gasteiger charge is -2.18. The zero-order valence-corrected chi connectivity index (χ0v) is 12.0. The third-order valence-corrected chi connectivity index (χ3v) is 3.91. The lowest BCUT2D eigenvalue weighted by atomic mass is 10.0. The average molecular weight is 265 g/mol. The van der Waals surface area contributed by atoms with E-state index in [1.807, 2.05) is 29.2 Å². The Morgan fingerprint density at radius 2 is 1.75 bits per heavy atom. The van der Waals surface area contributed by atoms with Gasteiger partial charge in [-0.15, -0.1) is 0 Å². The fourth-order valence-electron chi connectivity index (χ4n) is 2.68. The summed E-state index contributed by atoms with van der Waals surface area (Å²) in [7, 11) is 0. The molecule has 2 nitrogen and oxygen atoms in total. The zero-order valence-electron chi connectivity index (χ0n) is 12.0. The summed E-state index contributed by atoms with van der Waals surface area (Å²) in [6.07, 6.45) is 0.528. The minimum atomic E-state index is 0.194. The molecule has 0 bridgehead atoms. The molecule has 2 aromatic carbocycles. The van der Waals surface area contributed by atoms with E-state index in [0.29, 0.717) is 18.9 Å². The number of benzene rings is 2. The first-order chi connectivity index (χ1) is 9.65. The lowest BCUT2D eigenvalue weighted by Crippen LogP contribution is -2.25. The summed E-state index contributed by atoms with van der Waals surface area (Å²) in [5.74, 6) is 0.734. The van der Waals surface area contributed by atoms with Crippen molar-refractivity contribution in [2.75, 3.05) is 4.90 Å². The number of hydrogen-bond acceptors (Lipinski definition) is 1. The summed E-state index contributed by atoms with van der Waals surface area (Å²) in [5.41, 5.74) is 4.71. The summed E-state index contributed by atoms with van der Waals surface area (Å²) >= 11 is 0. The Morgan fingerprint density at radius 1 is 1.05 bits per heavy atom. The highest BCUT2D eigenvalue weighted by molar-refractivity contribution is 6.01. The summed E-state index contributed by atoms with van der Waals surface area (Å²) in [5, 5.41) is 0. The highest BCUT2D eigenvalue weighted by atomic mass is 16.2. The Kier molecular flexibility index (Phi) is 3.31. The van der Waals surface area contributed by atoms with Crippen molar-refractivity contribution in [1.82, 2.24) is 0 Å². The van der Waals surface area contributed by atoms with Crippen LogP contribution in [0, 0.1) is 0 Å². The van der Waals surface area contributed by atoms with Crippen LogP contribution in [-0.2, 0) is 17.8 Å². The molecule has 1 aliphatic heterocycles. The van der Waals surface area contributed by atoms with Crippen LogP contribution in [0.2, 0.25) is 0 Å². The molecular weight excluding hydrogens is 246 g/mol. The molecule has 1 amide bonds. The van der Waals surface area contributed by atoms with Crippen LogP contribution < -0.4 is 4.90 Å². The van der Waals surface area contributed by atoms with Gasteiger partial charge < -0.3 is 4.90 Å². The maximum Gasteiger partial charge on any atom is 0.231 e. The van der Waals surface area contributed by atoms with Gasteiger partial charge in [0.25, 0.3) is 0 Å². The van der Waals surface area contributed by atoms with Gasteiger partial charge in [-0.1, -0.05) is 56.3 Å². The minimum absolute atomic E-state index is 0.194. The van der Waals surface area contributed by atoms with Gasteiger partial charge in [0.1, 0.15) is 0 Å². The van der Waals surface area contributed by atoms with Crippen LogP contribution in [0.5, 0.6) is 0 Å². The van der Waals surface area contributed by atoms with E-state index in [1.54, 1.807) is 0 Å². The first kappa shape index (κ1) is 12.9. The van der Waals surface area contributed by atoms with E-state index in [-0.39, 0.29) is 5.91 Å². The second-order valence-electron chi connectivity index (χ2n) is 5.68. The van der Waals surface area contributed by atoms with Crippen LogP contribution in [-0.4, -0.2) is 5.91 Å². The molecule has 0 aromatic heterocycles. The van der Waals surface area contributed by atoms with E-state index in [9.17, 15) is 4.79 Å². The molecule has 0 spiro atoms. The largest absolute Gasteiger partial charge is 0.307 e. The SMILES string of the molecule is CC(C)c1ccc(CN2C(=O)Cc3ccccc32)cc1. The van der Waals surface area contributed by atoms with E-state index >= 15 is 0 Å². The molecule has 0 radical (unpaired) electrons. The first-order valence-electron chi connectivity index (χ1n) is 7.12. The molecule has 0 fully saturated rings. The van der Waals surface area contributed by atoms with Crippen LogP contribution in [0.1, 0.15) is 36.5 Å². The lowest BCUT2D eigenvalue weighted by molar-refractivity contribution is -0.117. The van der Waals surface area contributed by atoms with Gasteiger partial charge in [-0.05, 0) is 28.7 Å². The maximum absolute atomic E-state index is 12.1. The highest BCUT2D eigenvalue weighted by Crippen LogP contribution is 2.30. The van der Waals surface area contributed by atoms with Gasteiger partial charge >= 0.3 is 0 Å². The number of carbonyl (C=O) groups is 1. The van der Waals surface area contributed by atoms with Crippen molar-refractivity contribution in [2.24, 2.45) is 0 Å². The standard InChI is InChI=1S/C18H19NO/c1-13(2)15-9-7-14(8-10-15)12-19-17-6-4-3-5-16(17)11-18(19)20/h3-10,13H,11-12H2,1-2H3. The number of hydrogen-bond donors (Lipinski definition) is 0. The fourth-order valence-corrected chi connectivity index (χ4v) is 2.68. The van der Waals surface area contributed by atoms with E-state index in [0.717, 1.165) is 11.3 Å². The molecule has 2 aromatic rings. The Hall–Kier alpha value is -2.09. The van der Waals surface area contributed by atoms with Crippen LogP contribution in [0.25, 0.3) is 0 Å². The van der Waals surface area contributed by atoms with E-state index in [4.69, 9.17) is 0 Å². The van der Waals surface area contributed by atoms with E-state index in [2.05, 4.69) is 38.1 Å². The first-order valence-corrected chi connectivity index (χ1v) is 7.12. The predicted molar refractivity (Wildman–Crippen MR) is 81.9 cm³/mol. The molecule has 0 saturated heterocycles. The van der Waals surface area contributed by atoms with Gasteiger partial charge in [-0.2, -0.15) is 0 Å². The molecule has 1 heterocycles. The number of carbonyl (C=O) groups excluding carboxylic acids is 1. The Labute approximate surface area is 120 Å². The van der Waals surface area contributed by atoms with Crippen molar-refractivity contribution >= 4 is 11.6 Å². The molecule has 2 heteroatoms. The molecule has 102 valence electrons. The van der Waals surface area contributed by atoms with Crippen molar-refractivity contribution in [3.8, 4) is 0 Å². The molecule has 0 saturated carbocycles. The number of para-hydroxylation sites is 1. The van der Waals surface area contributed by atoms with Gasteiger partial charge in [-0.3, -0.25) is 4.79 Å². The van der Waals surface area contributed by atoms with Gasteiger partial charge in [0.2, 0.25) is 5.91 Å². The zero-order chi connectivity index (χ0) is 14.1. The second-order valence-corrected chi connectivity index (χ2v) is 5.68. The van der Waals surface area contributed by atoms with E-state index < -0.39 is 0 Å². The molecule has 0 atom stereocenters. The predicted octanol–water partition coefficient (Wildman–Crippen LogP) is 3.90. The van der Waals surface area contributed by atoms with Gasteiger partial charge in [0.15, 0.2) is 0 Å². The number of amides is 1. The topological polar surface area (TPSA) is 20.3 Å². The normalized spacial score (nSPS) is 13.9. The van der Waals surface area contributed by atoms with Crippen molar-refractivity contribution in [3.63, 3.8) is 0 Å². The molecule has 3 rings (SSSR count). The third kappa shape index (κ3) is 2.34. The van der Waals surface area contributed by atoms with Crippen molar-refractivity contribution in [1.29, 1.82) is 0 Å². The number of fused-ring (bicyclic) bond motifs is 1. The monoisotopic (exact) mass is 265 g/mol. The summed E-state index contributed by atoms with van der Waals surface area (Å²) in [6, 6.07) is 16.6. The maximum atomic E-state index is 12.1. The van der Waals surface area contributed by atoms with E-state index in [1.165, 1.54) is 11.1 Å². The summed E-state index contributed by atoms with van der Waals surface area (Å²) in [4.78, 5) is 14.0. The van der Waals surface area contributed by atoms with Crippen molar-refractivity contribution in [2.45, 2.75) is 32.7 Å². The fraction of sp³-hybridized carbons (Fsp3) is 0.278. The minimum Gasteiger partial charge on any atom is -0.307 e. The Morgan fingerprint density at radius 3 is 2.45 bits per heavy atom. The van der Waals surface area contributed by atoms with Gasteiger partial charge in [0, 0.05) is 5.69 Å². The van der Waals surface area contributed by atoms with Crippen molar-refractivity contribution in [3.05, 3.63) is 65.2 Å². The quantitative estimate of drug-likeness (QED) is 0.824. The number of anilines is 1. The Balaban J connectivity index is 1.83. The number of nitrogens with zero attached hydrogens (tertiary/aromatic N) is 1. The molecule has 1 aliphatic rings. The van der Waals surface area contributed by atoms with Crippen LogP contribution in [0.15, 0.2) is 48.5 Å². The smallest absolute Gasteiger partial charge is 0.231 e.